The predicted octanol–water partition coefficient (Wildman–Crippen LogP) is 2.36. The Morgan fingerprint density at radius 3 is 2.86 bits per heavy atom. The number of rotatable bonds is 2. The monoisotopic (exact) mass is 303 g/mol. The van der Waals surface area contributed by atoms with Gasteiger partial charge in [0.25, 0.3) is 0 Å². The molecule has 0 radical (unpaired) electrons. The average Bonchev–Trinajstić information content (AvgIpc) is 2.80. The largest absolute Gasteiger partial charge is 0.351 e. The molecule has 0 spiro atoms. The number of amides is 3. The van der Waals surface area contributed by atoms with E-state index in [1.165, 1.54) is 0 Å². The maximum atomic E-state index is 12.1. The number of fused-ring (bicyclic) bond motifs is 1. The van der Waals surface area contributed by atoms with Crippen LogP contribution in [-0.4, -0.2) is 28.4 Å². The molecule has 3 amide bonds. The summed E-state index contributed by atoms with van der Waals surface area (Å²) in [7, 11) is 0. The Labute approximate surface area is 126 Å². The highest BCUT2D eigenvalue weighted by atomic mass is 35.5. The first-order valence-electron chi connectivity index (χ1n) is 6.70. The number of benzene rings is 1. The molecular formula is C15H14ClN3O2. The molecule has 2 aromatic rings. The first-order chi connectivity index (χ1) is 10.0. The number of urea groups is 1. The van der Waals surface area contributed by atoms with E-state index in [4.69, 9.17) is 17.3 Å². The molecule has 1 saturated heterocycles. The van der Waals surface area contributed by atoms with Gasteiger partial charge in [0.2, 0.25) is 5.91 Å². The summed E-state index contributed by atoms with van der Waals surface area (Å²) < 4.78 is 0. The number of pyridine rings is 1. The normalized spacial score (nSPS) is 18.4. The molecule has 1 aliphatic heterocycles. The van der Waals surface area contributed by atoms with Crippen molar-refractivity contribution < 1.29 is 9.59 Å². The van der Waals surface area contributed by atoms with E-state index in [-0.39, 0.29) is 11.8 Å². The Balaban J connectivity index is 1.82. The minimum atomic E-state index is -0.672. The summed E-state index contributed by atoms with van der Waals surface area (Å²) in [6.45, 7) is 0.399. The summed E-state index contributed by atoms with van der Waals surface area (Å²) in [5, 5.41) is 1.44. The van der Waals surface area contributed by atoms with Gasteiger partial charge in [-0.05, 0) is 36.6 Å². The van der Waals surface area contributed by atoms with Crippen molar-refractivity contribution in [3.63, 3.8) is 0 Å². The second kappa shape index (κ2) is 5.33. The number of carbonyl (C=O) groups is 2. The average molecular weight is 304 g/mol. The van der Waals surface area contributed by atoms with Crippen molar-refractivity contribution in [1.82, 2.24) is 9.88 Å². The zero-order valence-corrected chi connectivity index (χ0v) is 12.0. The van der Waals surface area contributed by atoms with Crippen molar-refractivity contribution in [1.29, 1.82) is 0 Å². The maximum absolute atomic E-state index is 12.1. The van der Waals surface area contributed by atoms with E-state index in [1.54, 1.807) is 6.07 Å². The predicted molar refractivity (Wildman–Crippen MR) is 79.9 cm³/mol. The topological polar surface area (TPSA) is 76.3 Å². The van der Waals surface area contributed by atoms with E-state index in [2.05, 4.69) is 4.98 Å². The quantitative estimate of drug-likeness (QED) is 0.865. The number of hydrogen-bond donors (Lipinski definition) is 1. The third-order valence-corrected chi connectivity index (χ3v) is 4.00. The molecule has 1 aromatic heterocycles. The number of halogens is 1. The summed E-state index contributed by atoms with van der Waals surface area (Å²) >= 11 is 5.90. The van der Waals surface area contributed by atoms with Crippen molar-refractivity contribution in [2.24, 2.45) is 11.7 Å². The van der Waals surface area contributed by atoms with E-state index in [0.29, 0.717) is 24.5 Å². The fourth-order valence-corrected chi connectivity index (χ4v) is 2.85. The lowest BCUT2D eigenvalue weighted by Crippen LogP contribution is -2.38. The van der Waals surface area contributed by atoms with Crippen LogP contribution in [0.15, 0.2) is 30.3 Å². The number of likely N-dealkylation sites (tertiary alicyclic amines) is 1. The van der Waals surface area contributed by atoms with Gasteiger partial charge in [-0.25, -0.2) is 9.78 Å². The first kappa shape index (κ1) is 13.8. The Morgan fingerprint density at radius 1 is 1.38 bits per heavy atom. The van der Waals surface area contributed by atoms with Gasteiger partial charge in [0.05, 0.1) is 5.52 Å². The molecule has 2 N–H and O–H groups in total. The molecule has 108 valence electrons. The van der Waals surface area contributed by atoms with E-state index >= 15 is 0 Å². The third kappa shape index (κ3) is 2.69. The fraction of sp³-hybridized carbons (Fsp3) is 0.267. The van der Waals surface area contributed by atoms with E-state index in [9.17, 15) is 9.59 Å². The smallest absolute Gasteiger partial charge is 0.321 e. The van der Waals surface area contributed by atoms with Crippen LogP contribution in [0.25, 0.3) is 10.9 Å². The van der Waals surface area contributed by atoms with Crippen LogP contribution >= 0.6 is 11.6 Å². The summed E-state index contributed by atoms with van der Waals surface area (Å²) in [6, 6.07) is 8.84. The standard InChI is InChI=1S/C15H14ClN3O2/c16-13-4-3-10-2-1-9(8-12(10)18-13)7-11-5-6-19(14(11)20)15(17)21/h1-4,8,11H,5-7H2,(H2,17,21). The number of aromatic nitrogens is 1. The first-order valence-corrected chi connectivity index (χ1v) is 7.08. The van der Waals surface area contributed by atoms with Crippen LogP contribution in [0.3, 0.4) is 0 Å². The van der Waals surface area contributed by atoms with Crippen LogP contribution in [0.2, 0.25) is 5.15 Å². The SMILES string of the molecule is NC(=O)N1CCC(Cc2ccc3ccc(Cl)nc3c2)C1=O. The Morgan fingerprint density at radius 2 is 2.14 bits per heavy atom. The van der Waals surface area contributed by atoms with E-state index in [1.807, 2.05) is 24.3 Å². The van der Waals surface area contributed by atoms with Gasteiger partial charge in [0, 0.05) is 17.8 Å². The van der Waals surface area contributed by atoms with Crippen LogP contribution in [0, 0.1) is 5.92 Å². The Bertz CT molecular complexity index is 732. The van der Waals surface area contributed by atoms with Gasteiger partial charge in [-0.3, -0.25) is 9.69 Å². The summed E-state index contributed by atoms with van der Waals surface area (Å²) in [6.07, 6.45) is 1.22. The molecule has 6 heteroatoms. The summed E-state index contributed by atoms with van der Waals surface area (Å²) in [5.74, 6) is -0.393. The van der Waals surface area contributed by atoms with Crippen molar-refractivity contribution in [3.05, 3.63) is 41.0 Å². The fourth-order valence-electron chi connectivity index (χ4n) is 2.70. The van der Waals surface area contributed by atoms with E-state index < -0.39 is 6.03 Å². The van der Waals surface area contributed by atoms with Crippen LogP contribution in [0.5, 0.6) is 0 Å². The highest BCUT2D eigenvalue weighted by Gasteiger charge is 2.34. The molecule has 1 unspecified atom stereocenters. The molecule has 1 atom stereocenters. The van der Waals surface area contributed by atoms with E-state index in [0.717, 1.165) is 21.4 Å². The zero-order chi connectivity index (χ0) is 15.0. The molecule has 0 bridgehead atoms. The van der Waals surface area contributed by atoms with Gasteiger partial charge in [-0.1, -0.05) is 23.7 Å². The van der Waals surface area contributed by atoms with Crippen molar-refractivity contribution in [2.45, 2.75) is 12.8 Å². The maximum Gasteiger partial charge on any atom is 0.321 e. The summed E-state index contributed by atoms with van der Waals surface area (Å²) in [5.41, 5.74) is 6.98. The Kier molecular flexibility index (Phi) is 3.51. The lowest BCUT2D eigenvalue weighted by molar-refractivity contribution is -0.128. The number of carbonyl (C=O) groups excluding carboxylic acids is 2. The lowest BCUT2D eigenvalue weighted by atomic mass is 9.97. The highest BCUT2D eigenvalue weighted by molar-refractivity contribution is 6.29. The minimum absolute atomic E-state index is 0.193. The molecule has 0 aliphatic carbocycles. The van der Waals surface area contributed by atoms with Crippen LogP contribution in [0.1, 0.15) is 12.0 Å². The van der Waals surface area contributed by atoms with Crippen molar-refractivity contribution in [2.75, 3.05) is 6.54 Å². The van der Waals surface area contributed by atoms with Crippen LogP contribution in [-0.2, 0) is 11.2 Å². The van der Waals surface area contributed by atoms with Gasteiger partial charge in [0.15, 0.2) is 0 Å². The molecule has 1 aromatic carbocycles. The van der Waals surface area contributed by atoms with Crippen molar-refractivity contribution >= 4 is 34.4 Å². The summed E-state index contributed by atoms with van der Waals surface area (Å²) in [4.78, 5) is 28.6. The van der Waals surface area contributed by atoms with Gasteiger partial charge in [0.1, 0.15) is 5.15 Å². The zero-order valence-electron chi connectivity index (χ0n) is 11.3. The second-order valence-corrected chi connectivity index (χ2v) is 5.57. The molecule has 5 nitrogen and oxygen atoms in total. The van der Waals surface area contributed by atoms with Gasteiger partial charge in [-0.2, -0.15) is 0 Å². The second-order valence-electron chi connectivity index (χ2n) is 5.18. The highest BCUT2D eigenvalue weighted by Crippen LogP contribution is 2.24. The van der Waals surface area contributed by atoms with Crippen molar-refractivity contribution in [3.8, 4) is 0 Å². The minimum Gasteiger partial charge on any atom is -0.351 e. The van der Waals surface area contributed by atoms with Crippen LogP contribution < -0.4 is 5.73 Å². The Hall–Kier alpha value is -2.14. The van der Waals surface area contributed by atoms with Gasteiger partial charge >= 0.3 is 6.03 Å². The van der Waals surface area contributed by atoms with Gasteiger partial charge < -0.3 is 5.73 Å². The number of hydrogen-bond acceptors (Lipinski definition) is 3. The number of nitrogens with zero attached hydrogens (tertiary/aromatic N) is 2. The lowest BCUT2D eigenvalue weighted by Gasteiger charge is -2.12. The molecule has 0 saturated carbocycles. The number of imide groups is 1. The molecule has 1 aliphatic rings. The van der Waals surface area contributed by atoms with Gasteiger partial charge in [-0.15, -0.1) is 0 Å². The number of nitrogens with two attached hydrogens (primary N) is 1. The third-order valence-electron chi connectivity index (χ3n) is 3.79. The van der Waals surface area contributed by atoms with Crippen LogP contribution in [0.4, 0.5) is 4.79 Å². The number of primary amides is 1. The molecular weight excluding hydrogens is 290 g/mol. The molecule has 21 heavy (non-hydrogen) atoms. The molecule has 2 heterocycles. The molecule has 3 rings (SSSR count). The molecule has 1 fully saturated rings.